The van der Waals surface area contributed by atoms with Gasteiger partial charge in [-0.2, -0.15) is 0 Å². The van der Waals surface area contributed by atoms with Crippen molar-refractivity contribution in [2.75, 3.05) is 18.2 Å². The molecule has 0 bridgehead atoms. The number of ether oxygens (including phenoxy) is 1. The molecule has 0 saturated carbocycles. The van der Waals surface area contributed by atoms with Crippen molar-refractivity contribution in [1.82, 2.24) is 9.97 Å². The Morgan fingerprint density at radius 3 is 2.67 bits per heavy atom. The molecule has 0 aliphatic rings. The maximum absolute atomic E-state index is 5.99. The van der Waals surface area contributed by atoms with Crippen LogP contribution < -0.4 is 11.1 Å². The molecule has 0 aliphatic carbocycles. The zero-order valence-electron chi connectivity index (χ0n) is 9.85. The van der Waals surface area contributed by atoms with Crippen molar-refractivity contribution >= 4 is 28.9 Å². The first-order valence-corrected chi connectivity index (χ1v) is 5.69. The fraction of sp³-hybridized carbons (Fsp3) is 0.167. The molecule has 0 spiro atoms. The van der Waals surface area contributed by atoms with Gasteiger partial charge in [-0.05, 0) is 17.7 Å². The number of nitrogens with zero attached hydrogens (tertiary/aromatic N) is 2. The van der Waals surface area contributed by atoms with Crippen molar-refractivity contribution in [1.29, 1.82) is 0 Å². The topological polar surface area (TPSA) is 73.1 Å². The number of hydrogen-bond acceptors (Lipinski definition) is 5. The number of nitrogen functional groups attached to an aromatic ring is 1. The van der Waals surface area contributed by atoms with E-state index in [4.69, 9.17) is 22.1 Å². The largest absolute Gasteiger partial charge is 0.382 e. The van der Waals surface area contributed by atoms with Gasteiger partial charge in [-0.15, -0.1) is 0 Å². The molecule has 94 valence electrons. The molecule has 0 amide bonds. The molecule has 1 aromatic heterocycles. The molecule has 0 radical (unpaired) electrons. The molecule has 2 aromatic rings. The second-order valence-electron chi connectivity index (χ2n) is 3.68. The van der Waals surface area contributed by atoms with Gasteiger partial charge in [0.25, 0.3) is 0 Å². The lowest BCUT2D eigenvalue weighted by molar-refractivity contribution is 0.185. The highest BCUT2D eigenvalue weighted by molar-refractivity contribution is 6.35. The Labute approximate surface area is 110 Å². The van der Waals surface area contributed by atoms with E-state index >= 15 is 0 Å². The molecule has 1 aromatic carbocycles. The Hall–Kier alpha value is -1.85. The molecule has 0 fully saturated rings. The average molecular weight is 265 g/mol. The number of anilines is 3. The number of methoxy groups -OCH3 is 1. The molecule has 1 heterocycles. The molecule has 0 saturated heterocycles. The fourth-order valence-corrected chi connectivity index (χ4v) is 1.60. The van der Waals surface area contributed by atoms with Crippen molar-refractivity contribution in [3.05, 3.63) is 41.2 Å². The van der Waals surface area contributed by atoms with E-state index < -0.39 is 0 Å². The number of hydrogen-bond donors (Lipinski definition) is 2. The quantitative estimate of drug-likeness (QED) is 0.888. The lowest BCUT2D eigenvalue weighted by Gasteiger charge is -2.08. The van der Waals surface area contributed by atoms with Gasteiger partial charge in [0.2, 0.25) is 0 Å². The summed E-state index contributed by atoms with van der Waals surface area (Å²) in [5, 5.41) is 3.40. The van der Waals surface area contributed by atoms with E-state index in [2.05, 4.69) is 15.3 Å². The van der Waals surface area contributed by atoms with E-state index in [1.54, 1.807) is 7.11 Å². The van der Waals surface area contributed by atoms with Crippen molar-refractivity contribution in [2.24, 2.45) is 0 Å². The number of nitrogens with two attached hydrogens (primary N) is 1. The number of aromatic nitrogens is 2. The zero-order valence-corrected chi connectivity index (χ0v) is 10.6. The summed E-state index contributed by atoms with van der Waals surface area (Å²) in [5.74, 6) is 0.744. The number of rotatable bonds is 4. The molecule has 0 atom stereocenters. The summed E-state index contributed by atoms with van der Waals surface area (Å²) in [5.41, 5.74) is 7.56. The van der Waals surface area contributed by atoms with Crippen LogP contribution in [0.25, 0.3) is 0 Å². The minimum Gasteiger partial charge on any atom is -0.382 e. The van der Waals surface area contributed by atoms with E-state index in [9.17, 15) is 0 Å². The van der Waals surface area contributed by atoms with Crippen LogP contribution in [0.4, 0.5) is 17.3 Å². The third-order valence-electron chi connectivity index (χ3n) is 2.34. The monoisotopic (exact) mass is 264 g/mol. The standard InChI is InChI=1S/C12H13ClN4O/c1-18-6-8-2-4-9(5-3-8)17-12-10(13)11(14)15-7-16-12/h2-5,7H,6H2,1H3,(H3,14,15,16,17). The van der Waals surface area contributed by atoms with Crippen molar-refractivity contribution in [3.63, 3.8) is 0 Å². The van der Waals surface area contributed by atoms with Gasteiger partial charge in [0.05, 0.1) is 6.61 Å². The van der Waals surface area contributed by atoms with E-state index in [1.165, 1.54) is 6.33 Å². The molecular weight excluding hydrogens is 252 g/mol. The van der Waals surface area contributed by atoms with Crippen molar-refractivity contribution < 1.29 is 4.74 Å². The number of benzene rings is 1. The maximum Gasteiger partial charge on any atom is 0.154 e. The van der Waals surface area contributed by atoms with Gasteiger partial charge in [-0.1, -0.05) is 23.7 Å². The Morgan fingerprint density at radius 2 is 2.00 bits per heavy atom. The molecule has 6 heteroatoms. The van der Waals surface area contributed by atoms with Gasteiger partial charge in [0, 0.05) is 12.8 Å². The Morgan fingerprint density at radius 1 is 1.28 bits per heavy atom. The Bertz CT molecular complexity index is 530. The van der Waals surface area contributed by atoms with Gasteiger partial charge >= 0.3 is 0 Å². The van der Waals surface area contributed by atoms with Gasteiger partial charge < -0.3 is 15.8 Å². The first kappa shape index (κ1) is 12.6. The zero-order chi connectivity index (χ0) is 13.0. The minimum atomic E-state index is 0.255. The lowest BCUT2D eigenvalue weighted by Crippen LogP contribution is -1.99. The maximum atomic E-state index is 5.99. The van der Waals surface area contributed by atoms with Crippen LogP contribution in [0.15, 0.2) is 30.6 Å². The van der Waals surface area contributed by atoms with Gasteiger partial charge in [0.15, 0.2) is 5.82 Å². The van der Waals surface area contributed by atoms with Crippen LogP contribution in [-0.4, -0.2) is 17.1 Å². The summed E-state index contributed by atoms with van der Waals surface area (Å²) >= 11 is 5.99. The van der Waals surface area contributed by atoms with Crippen molar-refractivity contribution in [2.45, 2.75) is 6.61 Å². The molecule has 3 N–H and O–H groups in total. The highest BCUT2D eigenvalue weighted by atomic mass is 35.5. The predicted octanol–water partition coefficient (Wildman–Crippen LogP) is 2.60. The lowest BCUT2D eigenvalue weighted by atomic mass is 10.2. The highest BCUT2D eigenvalue weighted by Gasteiger charge is 2.06. The smallest absolute Gasteiger partial charge is 0.154 e. The van der Waals surface area contributed by atoms with Crippen LogP contribution in [0.1, 0.15) is 5.56 Å². The summed E-state index contributed by atoms with van der Waals surface area (Å²) in [6.07, 6.45) is 1.36. The highest BCUT2D eigenvalue weighted by Crippen LogP contribution is 2.26. The molecule has 0 aliphatic heterocycles. The fourth-order valence-electron chi connectivity index (χ4n) is 1.46. The number of nitrogens with one attached hydrogen (secondary N) is 1. The van der Waals surface area contributed by atoms with E-state index in [-0.39, 0.29) is 5.82 Å². The molecule has 0 unspecified atom stereocenters. The second kappa shape index (κ2) is 5.66. The van der Waals surface area contributed by atoms with Crippen LogP contribution in [-0.2, 0) is 11.3 Å². The second-order valence-corrected chi connectivity index (χ2v) is 4.05. The first-order valence-electron chi connectivity index (χ1n) is 5.31. The number of halogens is 1. The Kier molecular flexibility index (Phi) is 3.96. The molecular formula is C12H13ClN4O. The summed E-state index contributed by atoms with van der Waals surface area (Å²) in [6.45, 7) is 0.585. The van der Waals surface area contributed by atoms with E-state index in [0.717, 1.165) is 11.3 Å². The average Bonchev–Trinajstić information content (AvgIpc) is 2.38. The van der Waals surface area contributed by atoms with Crippen LogP contribution in [0.5, 0.6) is 0 Å². The van der Waals surface area contributed by atoms with Crippen LogP contribution >= 0.6 is 11.6 Å². The van der Waals surface area contributed by atoms with Gasteiger partial charge in [-0.3, -0.25) is 0 Å². The van der Waals surface area contributed by atoms with Gasteiger partial charge in [-0.25, -0.2) is 9.97 Å². The summed E-state index contributed by atoms with van der Waals surface area (Å²) in [4.78, 5) is 7.83. The summed E-state index contributed by atoms with van der Waals surface area (Å²) in [7, 11) is 1.66. The Balaban J connectivity index is 2.16. The summed E-state index contributed by atoms with van der Waals surface area (Å²) in [6, 6.07) is 7.76. The van der Waals surface area contributed by atoms with Crippen molar-refractivity contribution in [3.8, 4) is 0 Å². The minimum absolute atomic E-state index is 0.255. The normalized spacial score (nSPS) is 10.3. The summed E-state index contributed by atoms with van der Waals surface area (Å²) < 4.78 is 5.04. The first-order chi connectivity index (χ1) is 8.70. The van der Waals surface area contributed by atoms with Gasteiger partial charge in [0.1, 0.15) is 17.2 Å². The van der Waals surface area contributed by atoms with Crippen LogP contribution in [0.3, 0.4) is 0 Å². The third-order valence-corrected chi connectivity index (χ3v) is 2.72. The molecule has 5 nitrogen and oxygen atoms in total. The van der Waals surface area contributed by atoms with E-state index in [0.29, 0.717) is 17.4 Å². The molecule has 2 rings (SSSR count). The van der Waals surface area contributed by atoms with Crippen LogP contribution in [0, 0.1) is 0 Å². The predicted molar refractivity (Wildman–Crippen MR) is 71.9 cm³/mol. The van der Waals surface area contributed by atoms with Crippen LogP contribution in [0.2, 0.25) is 5.02 Å². The van der Waals surface area contributed by atoms with E-state index in [1.807, 2.05) is 24.3 Å². The third kappa shape index (κ3) is 2.88. The molecule has 18 heavy (non-hydrogen) atoms. The SMILES string of the molecule is COCc1ccc(Nc2ncnc(N)c2Cl)cc1.